The van der Waals surface area contributed by atoms with Crippen LogP contribution in [0.5, 0.6) is 0 Å². The van der Waals surface area contributed by atoms with Gasteiger partial charge in [0.05, 0.1) is 24.3 Å². The standard InChI is InChI=1S/C17H32N2O4/c1-10(11(2)21-6)18-14-13(12-8-7-9-22-15(12)14)19-16(20)23-17(3,4)5/h10-15,18H,7-9H2,1-6H3,(H,19,20). The second-order valence-corrected chi connectivity index (χ2v) is 7.74. The van der Waals surface area contributed by atoms with Gasteiger partial charge in [0.15, 0.2) is 0 Å². The van der Waals surface area contributed by atoms with Crippen molar-refractivity contribution in [3.8, 4) is 0 Å². The third-order valence-corrected chi connectivity index (χ3v) is 4.83. The van der Waals surface area contributed by atoms with Crippen molar-refractivity contribution in [1.29, 1.82) is 0 Å². The molecule has 2 N–H and O–H groups in total. The van der Waals surface area contributed by atoms with Gasteiger partial charge in [-0.2, -0.15) is 0 Å². The molecule has 6 unspecified atom stereocenters. The van der Waals surface area contributed by atoms with Gasteiger partial charge in [-0.3, -0.25) is 0 Å². The molecule has 6 heteroatoms. The molecule has 6 atom stereocenters. The maximum Gasteiger partial charge on any atom is 0.407 e. The molecule has 0 aromatic heterocycles. The first-order valence-electron chi connectivity index (χ1n) is 8.63. The molecule has 23 heavy (non-hydrogen) atoms. The second kappa shape index (κ2) is 7.36. The van der Waals surface area contributed by atoms with Crippen LogP contribution in [-0.4, -0.2) is 55.7 Å². The van der Waals surface area contributed by atoms with Crippen molar-refractivity contribution in [1.82, 2.24) is 10.6 Å². The summed E-state index contributed by atoms with van der Waals surface area (Å²) in [5.41, 5.74) is -0.489. The zero-order chi connectivity index (χ0) is 17.2. The van der Waals surface area contributed by atoms with Gasteiger partial charge < -0.3 is 24.8 Å². The van der Waals surface area contributed by atoms with E-state index < -0.39 is 5.60 Å². The molecule has 2 rings (SSSR count). The molecule has 0 radical (unpaired) electrons. The van der Waals surface area contributed by atoms with E-state index in [1.54, 1.807) is 7.11 Å². The van der Waals surface area contributed by atoms with E-state index in [4.69, 9.17) is 14.2 Å². The van der Waals surface area contributed by atoms with Crippen LogP contribution in [0, 0.1) is 5.92 Å². The quantitative estimate of drug-likeness (QED) is 0.808. The van der Waals surface area contributed by atoms with Gasteiger partial charge in [-0.25, -0.2) is 4.79 Å². The van der Waals surface area contributed by atoms with Gasteiger partial charge in [-0.1, -0.05) is 0 Å². The van der Waals surface area contributed by atoms with Crippen molar-refractivity contribution in [2.45, 2.75) is 83.4 Å². The lowest BCUT2D eigenvalue weighted by molar-refractivity contribution is -0.132. The first-order valence-corrected chi connectivity index (χ1v) is 8.63. The summed E-state index contributed by atoms with van der Waals surface area (Å²) >= 11 is 0. The van der Waals surface area contributed by atoms with E-state index >= 15 is 0 Å². The molecule has 1 aliphatic carbocycles. The molecule has 1 aliphatic heterocycles. The Labute approximate surface area is 139 Å². The van der Waals surface area contributed by atoms with E-state index in [1.807, 2.05) is 27.7 Å². The molecule has 0 aromatic rings. The number of rotatable bonds is 5. The van der Waals surface area contributed by atoms with Gasteiger partial charge in [0, 0.05) is 25.7 Å². The molecule has 134 valence electrons. The Morgan fingerprint density at radius 3 is 2.57 bits per heavy atom. The molecule has 1 saturated carbocycles. The van der Waals surface area contributed by atoms with Gasteiger partial charge >= 0.3 is 6.09 Å². The lowest BCUT2D eigenvalue weighted by Crippen LogP contribution is -2.74. The summed E-state index contributed by atoms with van der Waals surface area (Å²) in [6, 6.07) is 0.321. The SMILES string of the molecule is COC(C)C(C)NC1C(NC(=O)OC(C)(C)C)C2CCCOC21. The van der Waals surface area contributed by atoms with Crippen LogP contribution in [0.1, 0.15) is 47.5 Å². The molecule has 0 bridgehead atoms. The largest absolute Gasteiger partial charge is 0.444 e. The number of amides is 1. The maximum absolute atomic E-state index is 12.1. The molecule has 2 aliphatic rings. The predicted octanol–water partition coefficient (Wildman–Crippen LogP) is 2.07. The summed E-state index contributed by atoms with van der Waals surface area (Å²) in [5.74, 6) is 0.360. The summed E-state index contributed by atoms with van der Waals surface area (Å²) in [5, 5.41) is 6.60. The van der Waals surface area contributed by atoms with Crippen molar-refractivity contribution in [2.24, 2.45) is 5.92 Å². The molecule has 0 spiro atoms. The van der Waals surface area contributed by atoms with Crippen LogP contribution in [0.25, 0.3) is 0 Å². The molecular weight excluding hydrogens is 296 g/mol. The Balaban J connectivity index is 1.98. The number of carbonyl (C=O) groups excluding carboxylic acids is 1. The van der Waals surface area contributed by atoms with Crippen LogP contribution in [0.3, 0.4) is 0 Å². The highest BCUT2D eigenvalue weighted by Crippen LogP contribution is 2.38. The average molecular weight is 328 g/mol. The van der Waals surface area contributed by atoms with Crippen LogP contribution in [0.4, 0.5) is 4.79 Å². The van der Waals surface area contributed by atoms with Gasteiger partial charge in [-0.05, 0) is 47.5 Å². The fourth-order valence-corrected chi connectivity index (χ4v) is 3.39. The smallest absolute Gasteiger partial charge is 0.407 e. The van der Waals surface area contributed by atoms with Crippen LogP contribution < -0.4 is 10.6 Å². The van der Waals surface area contributed by atoms with Crippen LogP contribution in [0.2, 0.25) is 0 Å². The van der Waals surface area contributed by atoms with Crippen LogP contribution >= 0.6 is 0 Å². The van der Waals surface area contributed by atoms with Crippen molar-refractivity contribution in [3.63, 3.8) is 0 Å². The van der Waals surface area contributed by atoms with Crippen molar-refractivity contribution >= 4 is 6.09 Å². The van der Waals surface area contributed by atoms with E-state index in [-0.39, 0.29) is 36.4 Å². The fourth-order valence-electron chi connectivity index (χ4n) is 3.39. The minimum atomic E-state index is -0.489. The Bertz CT molecular complexity index is 410. The topological polar surface area (TPSA) is 68.8 Å². The second-order valence-electron chi connectivity index (χ2n) is 7.74. The molecule has 0 aromatic carbocycles. The number of hydrogen-bond acceptors (Lipinski definition) is 5. The van der Waals surface area contributed by atoms with E-state index in [0.29, 0.717) is 5.92 Å². The monoisotopic (exact) mass is 328 g/mol. The Morgan fingerprint density at radius 1 is 1.26 bits per heavy atom. The number of nitrogens with one attached hydrogen (secondary N) is 2. The summed E-state index contributed by atoms with van der Waals surface area (Å²) in [6.07, 6.45) is 2.03. The molecular formula is C17H32N2O4. The number of methoxy groups -OCH3 is 1. The average Bonchev–Trinajstić information content (AvgIpc) is 2.47. The van der Waals surface area contributed by atoms with Gasteiger partial charge in [-0.15, -0.1) is 0 Å². The van der Waals surface area contributed by atoms with Crippen LogP contribution in [-0.2, 0) is 14.2 Å². The Morgan fingerprint density at radius 2 is 1.96 bits per heavy atom. The third-order valence-electron chi connectivity index (χ3n) is 4.83. The van der Waals surface area contributed by atoms with Gasteiger partial charge in [0.25, 0.3) is 0 Å². The Kier molecular flexibility index (Phi) is 5.92. The van der Waals surface area contributed by atoms with Gasteiger partial charge in [0.2, 0.25) is 0 Å². The lowest BCUT2D eigenvalue weighted by atomic mass is 9.68. The molecule has 6 nitrogen and oxygen atoms in total. The van der Waals surface area contributed by atoms with Crippen LogP contribution in [0.15, 0.2) is 0 Å². The minimum absolute atomic E-state index is 0.0432. The molecule has 1 saturated heterocycles. The van der Waals surface area contributed by atoms with E-state index in [2.05, 4.69) is 17.6 Å². The van der Waals surface area contributed by atoms with Crippen molar-refractivity contribution in [3.05, 3.63) is 0 Å². The summed E-state index contributed by atoms with van der Waals surface area (Å²) < 4.78 is 16.7. The van der Waals surface area contributed by atoms with Crippen molar-refractivity contribution in [2.75, 3.05) is 13.7 Å². The minimum Gasteiger partial charge on any atom is -0.444 e. The predicted molar refractivity (Wildman–Crippen MR) is 88.5 cm³/mol. The molecule has 1 heterocycles. The normalized spacial score (nSPS) is 33.1. The summed E-state index contributed by atoms with van der Waals surface area (Å²) in [4.78, 5) is 12.1. The lowest BCUT2D eigenvalue weighted by Gasteiger charge is -2.55. The Hall–Kier alpha value is -0.850. The summed E-state index contributed by atoms with van der Waals surface area (Å²) in [6.45, 7) is 10.5. The van der Waals surface area contributed by atoms with Crippen molar-refractivity contribution < 1.29 is 19.0 Å². The molecule has 1 amide bonds. The number of ether oxygens (including phenoxy) is 3. The number of hydrogen-bond donors (Lipinski definition) is 2. The first-order chi connectivity index (χ1) is 10.7. The number of alkyl carbamates (subject to hydrolysis) is 1. The first kappa shape index (κ1) is 18.5. The number of fused-ring (bicyclic) bond motifs is 1. The highest BCUT2D eigenvalue weighted by atomic mass is 16.6. The maximum atomic E-state index is 12.1. The van der Waals surface area contributed by atoms with Gasteiger partial charge in [0.1, 0.15) is 5.60 Å². The van der Waals surface area contributed by atoms with E-state index in [0.717, 1.165) is 19.4 Å². The molecule has 2 fully saturated rings. The fraction of sp³-hybridized carbons (Fsp3) is 0.941. The third kappa shape index (κ3) is 4.58. The number of carbonyl (C=O) groups is 1. The zero-order valence-corrected chi connectivity index (χ0v) is 15.2. The highest BCUT2D eigenvalue weighted by molar-refractivity contribution is 5.68. The zero-order valence-electron chi connectivity index (χ0n) is 15.2. The summed E-state index contributed by atoms with van der Waals surface area (Å²) in [7, 11) is 1.71. The highest BCUT2D eigenvalue weighted by Gasteiger charge is 2.53. The van der Waals surface area contributed by atoms with E-state index in [9.17, 15) is 4.79 Å². The van der Waals surface area contributed by atoms with E-state index in [1.165, 1.54) is 0 Å².